The summed E-state index contributed by atoms with van der Waals surface area (Å²) in [6.45, 7) is 8.16. The van der Waals surface area contributed by atoms with Crippen LogP contribution in [0.5, 0.6) is 11.5 Å². The van der Waals surface area contributed by atoms with Crippen molar-refractivity contribution in [2.45, 2.75) is 37.6 Å². The molecule has 172 valence electrons. The third-order valence-corrected chi connectivity index (χ3v) is 6.04. The van der Waals surface area contributed by atoms with Gasteiger partial charge in [0.25, 0.3) is 0 Å². The summed E-state index contributed by atoms with van der Waals surface area (Å²) in [4.78, 5) is 4.80. The van der Waals surface area contributed by atoms with E-state index in [0.29, 0.717) is 24.4 Å². The number of methoxy groups -OCH3 is 1. The van der Waals surface area contributed by atoms with E-state index in [2.05, 4.69) is 32.6 Å². The Morgan fingerprint density at radius 3 is 2.43 bits per heavy atom. The molecule has 1 unspecified atom stereocenters. The number of nitrogens with one attached hydrogen (secondary N) is 2. The summed E-state index contributed by atoms with van der Waals surface area (Å²) in [5.41, 5.74) is 1.22. The molecule has 3 aliphatic rings. The highest BCUT2D eigenvalue weighted by Gasteiger charge is 2.32. The Labute approximate surface area is 192 Å². The Bertz CT molecular complexity index is 637. The molecule has 7 nitrogen and oxygen atoms in total. The number of aliphatic hydroxyl groups is 1. The molecule has 1 aromatic rings. The number of nitrogens with zero attached hydrogens (tertiary/aromatic N) is 2. The summed E-state index contributed by atoms with van der Waals surface area (Å²) < 4.78 is 11.4. The number of ether oxygens (including phenoxy) is 2. The van der Waals surface area contributed by atoms with Crippen LogP contribution >= 0.6 is 24.8 Å². The number of fused-ring (bicyclic) bond motifs is 2. The van der Waals surface area contributed by atoms with Crippen molar-refractivity contribution in [3.63, 3.8) is 0 Å². The van der Waals surface area contributed by atoms with Crippen molar-refractivity contribution in [2.24, 2.45) is 0 Å². The zero-order valence-corrected chi connectivity index (χ0v) is 19.3. The monoisotopic (exact) mass is 462 g/mol. The normalized spacial score (nSPS) is 25.1. The number of benzene rings is 1. The van der Waals surface area contributed by atoms with E-state index in [4.69, 9.17) is 9.47 Å². The van der Waals surface area contributed by atoms with Crippen molar-refractivity contribution in [1.29, 1.82) is 0 Å². The molecule has 0 aromatic heterocycles. The third-order valence-electron chi connectivity index (χ3n) is 6.04. The maximum absolute atomic E-state index is 10.4. The van der Waals surface area contributed by atoms with Crippen LogP contribution in [0.4, 0.5) is 0 Å². The van der Waals surface area contributed by atoms with Crippen LogP contribution in [0.15, 0.2) is 18.2 Å². The molecule has 0 aliphatic carbocycles. The van der Waals surface area contributed by atoms with Crippen molar-refractivity contribution >= 4 is 24.8 Å². The first-order chi connectivity index (χ1) is 13.7. The average molecular weight is 463 g/mol. The summed E-state index contributed by atoms with van der Waals surface area (Å²) in [6, 6.07) is 7.30. The first kappa shape index (κ1) is 25.5. The second kappa shape index (κ2) is 12.3. The molecule has 0 radical (unpaired) electrons. The fourth-order valence-electron chi connectivity index (χ4n) is 4.63. The van der Waals surface area contributed by atoms with Gasteiger partial charge in [-0.3, -0.25) is 9.80 Å². The van der Waals surface area contributed by atoms with Crippen molar-refractivity contribution in [1.82, 2.24) is 20.4 Å². The number of likely N-dealkylation sites (tertiary alicyclic amines) is 1. The maximum Gasteiger partial charge on any atom is 0.161 e. The van der Waals surface area contributed by atoms with E-state index in [0.717, 1.165) is 51.6 Å². The minimum Gasteiger partial charge on any atom is -0.493 e. The van der Waals surface area contributed by atoms with Gasteiger partial charge in [0.15, 0.2) is 11.5 Å². The Balaban J connectivity index is 0.00000160. The Hall–Kier alpha value is -0.800. The van der Waals surface area contributed by atoms with Gasteiger partial charge in [0, 0.05) is 64.4 Å². The lowest BCUT2D eigenvalue weighted by Gasteiger charge is -2.34. The summed E-state index contributed by atoms with van der Waals surface area (Å²) >= 11 is 0. The van der Waals surface area contributed by atoms with E-state index >= 15 is 0 Å². The SMILES string of the molecule is COc1cc(CN2CCNCC2)ccc1OCC(O)CN1C[C@H]2CC[C@@H](C1)N2.Cl.Cl. The zero-order valence-electron chi connectivity index (χ0n) is 17.7. The molecule has 3 heterocycles. The third kappa shape index (κ3) is 6.85. The number of hydrogen-bond acceptors (Lipinski definition) is 7. The van der Waals surface area contributed by atoms with Crippen LogP contribution in [-0.2, 0) is 6.54 Å². The van der Waals surface area contributed by atoms with Gasteiger partial charge in [-0.2, -0.15) is 0 Å². The summed E-state index contributed by atoms with van der Waals surface area (Å²) in [7, 11) is 1.67. The summed E-state index contributed by atoms with van der Waals surface area (Å²) in [5.74, 6) is 1.44. The minimum absolute atomic E-state index is 0. The molecule has 30 heavy (non-hydrogen) atoms. The highest BCUT2D eigenvalue weighted by Crippen LogP contribution is 2.29. The standard InChI is InChI=1S/C21H34N4O3.2ClH/c1-27-21-10-16(11-24-8-6-22-7-9-24)2-5-20(21)28-15-19(26)14-25-12-17-3-4-18(13-25)23-17;;/h2,5,10,17-19,22-23,26H,3-4,6-9,11-15H2,1H3;2*1H/t17-,18+,19?;;. The molecule has 4 rings (SSSR count). The molecule has 0 amide bonds. The predicted octanol–water partition coefficient (Wildman–Crippen LogP) is 1.12. The van der Waals surface area contributed by atoms with E-state index in [-0.39, 0.29) is 31.4 Å². The van der Waals surface area contributed by atoms with Gasteiger partial charge in [0.2, 0.25) is 0 Å². The first-order valence-corrected chi connectivity index (χ1v) is 10.6. The van der Waals surface area contributed by atoms with Gasteiger partial charge in [-0.1, -0.05) is 6.07 Å². The molecule has 2 bridgehead atoms. The number of aliphatic hydroxyl groups excluding tert-OH is 1. The van der Waals surface area contributed by atoms with Gasteiger partial charge in [-0.15, -0.1) is 24.8 Å². The van der Waals surface area contributed by atoms with Crippen molar-refractivity contribution in [2.75, 3.05) is 59.5 Å². The summed E-state index contributed by atoms with van der Waals surface area (Å²) in [6.07, 6.45) is 2.01. The molecular weight excluding hydrogens is 427 g/mol. The Morgan fingerprint density at radius 1 is 1.07 bits per heavy atom. The first-order valence-electron chi connectivity index (χ1n) is 10.6. The van der Waals surface area contributed by atoms with Gasteiger partial charge < -0.3 is 25.2 Å². The van der Waals surface area contributed by atoms with E-state index in [1.807, 2.05) is 6.07 Å². The van der Waals surface area contributed by atoms with Crippen molar-refractivity contribution in [3.8, 4) is 11.5 Å². The van der Waals surface area contributed by atoms with Gasteiger partial charge in [0.1, 0.15) is 12.7 Å². The quantitative estimate of drug-likeness (QED) is 0.534. The number of piperazine rings is 2. The average Bonchev–Trinajstić information content (AvgIpc) is 3.05. The minimum atomic E-state index is -0.497. The maximum atomic E-state index is 10.4. The Morgan fingerprint density at radius 2 is 1.77 bits per heavy atom. The molecule has 1 aromatic carbocycles. The predicted molar refractivity (Wildman–Crippen MR) is 124 cm³/mol. The van der Waals surface area contributed by atoms with Crippen LogP contribution in [0, 0.1) is 0 Å². The topological polar surface area (TPSA) is 69.2 Å². The second-order valence-corrected chi connectivity index (χ2v) is 8.33. The van der Waals surface area contributed by atoms with Crippen molar-refractivity contribution in [3.05, 3.63) is 23.8 Å². The highest BCUT2D eigenvalue weighted by molar-refractivity contribution is 5.85. The molecule has 3 saturated heterocycles. The molecule has 3 fully saturated rings. The zero-order chi connectivity index (χ0) is 19.3. The fraction of sp³-hybridized carbons (Fsp3) is 0.714. The lowest BCUT2D eigenvalue weighted by atomic mass is 10.1. The number of β-amino-alcohol motifs (C(OH)–C–C–N with tert-alkyl or cyclic N) is 1. The Kier molecular flexibility index (Phi) is 10.4. The van der Waals surface area contributed by atoms with Crippen LogP contribution in [0.2, 0.25) is 0 Å². The molecule has 3 N–H and O–H groups in total. The largest absolute Gasteiger partial charge is 0.493 e. The van der Waals surface area contributed by atoms with Crippen LogP contribution in [-0.4, -0.2) is 92.6 Å². The lowest BCUT2D eigenvalue weighted by Crippen LogP contribution is -2.53. The van der Waals surface area contributed by atoms with E-state index in [9.17, 15) is 5.11 Å². The second-order valence-electron chi connectivity index (χ2n) is 8.33. The molecule has 3 aliphatic heterocycles. The van der Waals surface area contributed by atoms with Gasteiger partial charge >= 0.3 is 0 Å². The van der Waals surface area contributed by atoms with Crippen molar-refractivity contribution < 1.29 is 14.6 Å². The van der Waals surface area contributed by atoms with Crippen LogP contribution in [0.25, 0.3) is 0 Å². The van der Waals surface area contributed by atoms with E-state index < -0.39 is 6.10 Å². The number of hydrogen-bond donors (Lipinski definition) is 3. The molecule has 9 heteroatoms. The fourth-order valence-corrected chi connectivity index (χ4v) is 4.63. The van der Waals surface area contributed by atoms with Crippen LogP contribution in [0.3, 0.4) is 0 Å². The number of halogens is 2. The van der Waals surface area contributed by atoms with Gasteiger partial charge in [-0.05, 0) is 30.5 Å². The number of rotatable bonds is 8. The van der Waals surface area contributed by atoms with E-state index in [1.165, 1.54) is 18.4 Å². The lowest BCUT2D eigenvalue weighted by molar-refractivity contribution is 0.0558. The van der Waals surface area contributed by atoms with Gasteiger partial charge in [0.05, 0.1) is 7.11 Å². The smallest absolute Gasteiger partial charge is 0.161 e. The summed E-state index contributed by atoms with van der Waals surface area (Å²) in [5, 5.41) is 17.5. The van der Waals surface area contributed by atoms with Crippen LogP contribution in [0.1, 0.15) is 18.4 Å². The van der Waals surface area contributed by atoms with Crippen LogP contribution < -0.4 is 20.1 Å². The molecule has 0 saturated carbocycles. The molecular formula is C21H36Cl2N4O3. The van der Waals surface area contributed by atoms with E-state index in [1.54, 1.807) is 7.11 Å². The highest BCUT2D eigenvalue weighted by atomic mass is 35.5. The molecule has 3 atom stereocenters. The van der Waals surface area contributed by atoms with Gasteiger partial charge in [-0.25, -0.2) is 0 Å². The molecule has 0 spiro atoms.